The normalized spacial score (nSPS) is 14.9. The fraction of sp³-hybridized carbons (Fsp3) is 0.269. The molecule has 0 saturated carbocycles. The average molecular weight is 492 g/mol. The molecule has 0 spiro atoms. The molecule has 1 amide bonds. The van der Waals surface area contributed by atoms with Gasteiger partial charge in [0.25, 0.3) is 0 Å². The number of carbonyl (C=O) groups is 1. The molecule has 35 heavy (non-hydrogen) atoms. The van der Waals surface area contributed by atoms with Gasteiger partial charge in [0, 0.05) is 84.5 Å². The van der Waals surface area contributed by atoms with Crippen LogP contribution in [0.3, 0.4) is 0 Å². The molecule has 1 atom stereocenters. The fourth-order valence-electron chi connectivity index (χ4n) is 4.36. The minimum absolute atomic E-state index is 0. The van der Waals surface area contributed by atoms with E-state index in [1.807, 2.05) is 49.9 Å². The minimum Gasteiger partial charge on any atom is -0.497 e. The van der Waals surface area contributed by atoms with E-state index in [0.717, 1.165) is 39.8 Å². The van der Waals surface area contributed by atoms with E-state index in [-0.39, 0.29) is 25.4 Å². The van der Waals surface area contributed by atoms with Crippen LogP contribution in [0.15, 0.2) is 61.1 Å². The quantitative estimate of drug-likeness (QED) is 0.418. The molecular weight excluding hydrogens is 462 g/mol. The summed E-state index contributed by atoms with van der Waals surface area (Å²) >= 11 is 0. The molecule has 1 aliphatic rings. The third-order valence-electron chi connectivity index (χ3n) is 6.15. The van der Waals surface area contributed by atoms with E-state index in [0.29, 0.717) is 24.5 Å². The Kier molecular flexibility index (Phi) is 7.16. The maximum atomic E-state index is 11.9. The lowest BCUT2D eigenvalue weighted by Gasteiger charge is -2.29. The van der Waals surface area contributed by atoms with Gasteiger partial charge < -0.3 is 19.7 Å². The van der Waals surface area contributed by atoms with Crippen LogP contribution in [0.1, 0.15) is 12.8 Å². The number of methoxy groups -OCH3 is 2. The fourth-order valence-corrected chi connectivity index (χ4v) is 4.36. The second kappa shape index (κ2) is 10.3. The molecule has 2 aromatic heterocycles. The molecule has 1 saturated heterocycles. The molecule has 182 valence electrons. The number of fused-ring (bicyclic) bond motifs is 1. The van der Waals surface area contributed by atoms with E-state index < -0.39 is 0 Å². The van der Waals surface area contributed by atoms with Gasteiger partial charge in [-0.05, 0) is 30.7 Å². The summed E-state index contributed by atoms with van der Waals surface area (Å²) in [5.41, 5.74) is 4.86. The summed E-state index contributed by atoms with van der Waals surface area (Å²) in [6.45, 7) is 0.628. The lowest BCUT2D eigenvalue weighted by Crippen LogP contribution is -2.36. The van der Waals surface area contributed by atoms with Crippen LogP contribution in [-0.4, -0.2) is 47.5 Å². The van der Waals surface area contributed by atoms with Crippen LogP contribution in [0.5, 0.6) is 11.5 Å². The zero-order valence-corrected chi connectivity index (χ0v) is 21.0. The third-order valence-corrected chi connectivity index (χ3v) is 6.15. The zero-order chi connectivity index (χ0) is 23.7. The summed E-state index contributed by atoms with van der Waals surface area (Å²) in [4.78, 5) is 18.7. The molecule has 0 aliphatic carbocycles. The first-order chi connectivity index (χ1) is 16.5. The van der Waals surface area contributed by atoms with Crippen LogP contribution < -0.4 is 19.7 Å². The van der Waals surface area contributed by atoms with Gasteiger partial charge in [0.1, 0.15) is 11.5 Å². The maximum absolute atomic E-state index is 11.9. The predicted molar refractivity (Wildman–Crippen MR) is 142 cm³/mol. The van der Waals surface area contributed by atoms with Crippen LogP contribution in [-0.2, 0) is 11.8 Å². The Bertz CT molecular complexity index is 1330. The summed E-state index contributed by atoms with van der Waals surface area (Å²) in [5.74, 6) is 1.50. The summed E-state index contributed by atoms with van der Waals surface area (Å²) in [6, 6.07) is 14.2. The van der Waals surface area contributed by atoms with E-state index in [9.17, 15) is 4.79 Å². The number of hydrogen-bond donors (Lipinski definition) is 1. The molecule has 0 bridgehead atoms. The van der Waals surface area contributed by atoms with E-state index in [1.54, 1.807) is 18.9 Å². The first-order valence-corrected chi connectivity index (χ1v) is 11.2. The topological polar surface area (TPSA) is 81.5 Å². The van der Waals surface area contributed by atoms with Crippen molar-refractivity contribution in [1.29, 1.82) is 0 Å². The van der Waals surface area contributed by atoms with Crippen LogP contribution in [0, 0.1) is 0 Å². The Morgan fingerprint density at radius 1 is 1.03 bits per heavy atom. The number of hydrogen-bond acceptors (Lipinski definition) is 6. The third kappa shape index (κ3) is 5.19. The number of nitrogens with zero attached hydrogens (tertiary/aromatic N) is 4. The first kappa shape index (κ1) is 24.4. The number of pyridine rings is 1. The van der Waals surface area contributed by atoms with E-state index in [1.165, 1.54) is 0 Å². The van der Waals surface area contributed by atoms with Gasteiger partial charge in [-0.15, -0.1) is 0 Å². The summed E-state index contributed by atoms with van der Waals surface area (Å²) in [5, 5.41) is 8.39. The van der Waals surface area contributed by atoms with Gasteiger partial charge >= 0.3 is 0 Å². The highest BCUT2D eigenvalue weighted by atomic mass is 32.1. The minimum atomic E-state index is 0. The summed E-state index contributed by atoms with van der Waals surface area (Å²) in [6.07, 6.45) is 7.04. The molecule has 4 aromatic rings. The summed E-state index contributed by atoms with van der Waals surface area (Å²) < 4.78 is 12.8. The predicted octanol–water partition coefficient (Wildman–Crippen LogP) is 4.18. The number of aryl methyl sites for hydroxylation is 1. The van der Waals surface area contributed by atoms with Crippen molar-refractivity contribution < 1.29 is 14.3 Å². The van der Waals surface area contributed by atoms with Crippen molar-refractivity contribution in [3.05, 3.63) is 61.1 Å². The molecule has 1 N–H and O–H groups in total. The Hall–Kier alpha value is -3.72. The Labute approximate surface area is 211 Å². The van der Waals surface area contributed by atoms with Gasteiger partial charge in [0.05, 0.1) is 25.9 Å². The largest absolute Gasteiger partial charge is 0.497 e. The molecule has 3 heterocycles. The second-order valence-electron chi connectivity index (χ2n) is 8.49. The number of aromatic nitrogens is 3. The zero-order valence-electron chi connectivity index (χ0n) is 20.0. The van der Waals surface area contributed by atoms with Gasteiger partial charge in [0.2, 0.25) is 5.91 Å². The smallest absolute Gasteiger partial charge is 0.220 e. The number of nitrogens with one attached hydrogen (secondary N) is 1. The first-order valence-electron chi connectivity index (χ1n) is 11.2. The molecule has 1 unspecified atom stereocenters. The number of ether oxygens (including phenoxy) is 2. The van der Waals surface area contributed by atoms with Gasteiger partial charge in [-0.1, -0.05) is 0 Å². The monoisotopic (exact) mass is 491 g/mol. The highest BCUT2D eigenvalue weighted by Crippen LogP contribution is 2.35. The Morgan fingerprint density at radius 2 is 1.80 bits per heavy atom. The molecular formula is C26H29N5O3S. The van der Waals surface area contributed by atoms with E-state index in [2.05, 4.69) is 38.5 Å². The number of benzene rings is 2. The number of anilines is 2. The lowest BCUT2D eigenvalue weighted by molar-refractivity contribution is -0.119. The molecule has 5 rings (SSSR count). The Morgan fingerprint density at radius 3 is 2.43 bits per heavy atom. The number of carbonyl (C=O) groups excluding carboxylic acids is 1. The van der Waals surface area contributed by atoms with Gasteiger partial charge in [0.15, 0.2) is 0 Å². The van der Waals surface area contributed by atoms with Gasteiger partial charge in [-0.2, -0.15) is 18.6 Å². The number of amides is 1. The average Bonchev–Trinajstić information content (AvgIpc) is 3.49. The van der Waals surface area contributed by atoms with Crippen LogP contribution >= 0.6 is 13.5 Å². The van der Waals surface area contributed by atoms with Gasteiger partial charge in [-0.25, -0.2) is 0 Å². The standard InChI is InChI=1S/C26H27N5O3.H2S/c1-30-15-19(14-28-30)18-8-17-9-21(5-6-25(17)27-13-18)31(16-20-4-7-26(32)29-20)22-10-23(33-2)12-24(11-22)34-3;/h5-6,8-15,20H,4,7,16H2,1-3H3,(H,29,32);1H2. The van der Waals surface area contributed by atoms with Gasteiger partial charge in [-0.3, -0.25) is 14.5 Å². The van der Waals surface area contributed by atoms with Crippen molar-refractivity contribution in [2.75, 3.05) is 25.7 Å². The van der Waals surface area contributed by atoms with Crippen molar-refractivity contribution in [1.82, 2.24) is 20.1 Å². The molecule has 0 radical (unpaired) electrons. The Balaban J connectivity index is 0.00000289. The van der Waals surface area contributed by atoms with Crippen molar-refractivity contribution >= 4 is 41.7 Å². The molecule has 9 heteroatoms. The second-order valence-corrected chi connectivity index (χ2v) is 8.49. The molecule has 1 fully saturated rings. The van der Waals surface area contributed by atoms with Crippen LogP contribution in [0.25, 0.3) is 22.0 Å². The lowest BCUT2D eigenvalue weighted by atomic mass is 10.1. The van der Waals surface area contributed by atoms with Crippen molar-refractivity contribution in [2.24, 2.45) is 7.05 Å². The molecule has 2 aromatic carbocycles. The maximum Gasteiger partial charge on any atom is 0.220 e. The van der Waals surface area contributed by atoms with Crippen LogP contribution in [0.4, 0.5) is 11.4 Å². The van der Waals surface area contributed by atoms with Crippen molar-refractivity contribution in [3.8, 4) is 22.6 Å². The summed E-state index contributed by atoms with van der Waals surface area (Å²) in [7, 11) is 5.18. The van der Waals surface area contributed by atoms with Crippen LogP contribution in [0.2, 0.25) is 0 Å². The van der Waals surface area contributed by atoms with E-state index >= 15 is 0 Å². The van der Waals surface area contributed by atoms with Crippen molar-refractivity contribution in [3.63, 3.8) is 0 Å². The molecule has 8 nitrogen and oxygen atoms in total. The van der Waals surface area contributed by atoms with Crippen molar-refractivity contribution in [2.45, 2.75) is 18.9 Å². The molecule has 1 aliphatic heterocycles. The highest BCUT2D eigenvalue weighted by molar-refractivity contribution is 7.59. The number of rotatable bonds is 7. The van der Waals surface area contributed by atoms with E-state index in [4.69, 9.17) is 9.47 Å². The SMILES string of the molecule is COc1cc(OC)cc(N(CC2CCC(=O)N2)c2ccc3ncc(-c4cnn(C)c4)cc3c2)c1.S. The highest BCUT2D eigenvalue weighted by Gasteiger charge is 2.25.